The second-order valence-corrected chi connectivity index (χ2v) is 13.1. The van der Waals surface area contributed by atoms with Gasteiger partial charge in [0.05, 0.1) is 6.26 Å². The van der Waals surface area contributed by atoms with Crippen LogP contribution < -0.4 is 14.8 Å². The lowest BCUT2D eigenvalue weighted by Gasteiger charge is -2.41. The minimum absolute atomic E-state index is 0. The van der Waals surface area contributed by atoms with Crippen molar-refractivity contribution in [3.8, 4) is 11.5 Å². The van der Waals surface area contributed by atoms with E-state index in [1.165, 1.54) is 37.7 Å². The number of nitrogens with one attached hydrogen (secondary N) is 2. The van der Waals surface area contributed by atoms with Crippen molar-refractivity contribution in [3.63, 3.8) is 0 Å². The number of amides is 1. The molecule has 1 amide bonds. The number of likely N-dealkylation sites (tertiary alicyclic amines) is 1. The van der Waals surface area contributed by atoms with Gasteiger partial charge in [0.2, 0.25) is 10.0 Å². The molecule has 0 aromatic heterocycles. The Morgan fingerprint density at radius 1 is 0.976 bits per heavy atom. The molecule has 2 aromatic carbocycles. The largest absolute Gasteiger partial charge is 0.457 e. The Bertz CT molecular complexity index is 1180. The van der Waals surface area contributed by atoms with E-state index in [0.717, 1.165) is 45.3 Å². The van der Waals surface area contributed by atoms with E-state index >= 15 is 0 Å². The number of hydrogen-bond donors (Lipinski definition) is 2. The molecule has 2 N–H and O–H groups in total. The van der Waals surface area contributed by atoms with Gasteiger partial charge < -0.3 is 14.8 Å². The van der Waals surface area contributed by atoms with Crippen molar-refractivity contribution in [2.24, 2.45) is 5.92 Å². The molecular weight excluding hydrogens is 562 g/mol. The van der Waals surface area contributed by atoms with Gasteiger partial charge >= 0.3 is 0 Å². The maximum Gasteiger partial charge on any atom is 0.252 e. The summed E-state index contributed by atoms with van der Waals surface area (Å²) in [6.07, 6.45) is 10.9. The quantitative estimate of drug-likeness (QED) is 0.266. The van der Waals surface area contributed by atoms with E-state index < -0.39 is 15.6 Å². The van der Waals surface area contributed by atoms with Crippen LogP contribution in [-0.2, 0) is 26.1 Å². The number of carbonyl (C=O) groups is 1. The first-order valence-corrected chi connectivity index (χ1v) is 16.6. The van der Waals surface area contributed by atoms with Crippen LogP contribution in [0.1, 0.15) is 70.3 Å². The fraction of sp³-hybridized carbons (Fsp3) is 0.581. The predicted octanol–water partition coefficient (Wildman–Crippen LogP) is 6.12. The number of rotatable bonds is 13. The molecule has 10 heteroatoms. The summed E-state index contributed by atoms with van der Waals surface area (Å²) in [5, 5.41) is 3.27. The minimum Gasteiger partial charge on any atom is -0.457 e. The van der Waals surface area contributed by atoms with Gasteiger partial charge in [-0.05, 0) is 80.0 Å². The summed E-state index contributed by atoms with van der Waals surface area (Å²) in [5.74, 6) is 2.03. The minimum atomic E-state index is -3.31. The first kappa shape index (κ1) is 33.2. The van der Waals surface area contributed by atoms with Gasteiger partial charge in [0.1, 0.15) is 17.1 Å². The fourth-order valence-electron chi connectivity index (χ4n) is 5.57. The van der Waals surface area contributed by atoms with Crippen molar-refractivity contribution in [1.29, 1.82) is 0 Å². The van der Waals surface area contributed by atoms with Crippen molar-refractivity contribution >= 4 is 34.0 Å². The van der Waals surface area contributed by atoms with E-state index in [2.05, 4.69) is 34.0 Å². The number of hydrogen-bond acceptors (Lipinski definition) is 6. The zero-order chi connectivity index (χ0) is 28.4. The van der Waals surface area contributed by atoms with Gasteiger partial charge in [0.15, 0.2) is 0 Å². The van der Waals surface area contributed by atoms with Crippen LogP contribution in [0.4, 0.5) is 5.69 Å². The van der Waals surface area contributed by atoms with Crippen LogP contribution in [0.3, 0.4) is 0 Å². The van der Waals surface area contributed by atoms with Crippen LogP contribution in [0.2, 0.25) is 0 Å². The van der Waals surface area contributed by atoms with Gasteiger partial charge in [-0.1, -0.05) is 44.7 Å². The molecule has 0 atom stereocenters. The number of ether oxygens (including phenoxy) is 2. The molecule has 0 radical (unpaired) electrons. The van der Waals surface area contributed by atoms with Crippen molar-refractivity contribution in [1.82, 2.24) is 10.2 Å². The summed E-state index contributed by atoms with van der Waals surface area (Å²) >= 11 is 0. The molecule has 2 aromatic rings. The second kappa shape index (κ2) is 15.8. The molecule has 1 aliphatic heterocycles. The van der Waals surface area contributed by atoms with Crippen LogP contribution >= 0.6 is 12.4 Å². The second-order valence-electron chi connectivity index (χ2n) is 11.3. The maximum absolute atomic E-state index is 13.4. The summed E-state index contributed by atoms with van der Waals surface area (Å²) < 4.78 is 37.4. The number of sulfonamides is 1. The SMILES string of the molecule is CCCCOC1(C(=O)NCC2CCCCC2)CCN(Cc2ccc(Oc3ccc(NS(C)(=O)=O)cc3)cc2)CC1.Cl. The number of nitrogens with zero attached hydrogens (tertiary/aromatic N) is 1. The number of carbonyl (C=O) groups excluding carboxylic acids is 1. The molecule has 41 heavy (non-hydrogen) atoms. The first-order chi connectivity index (χ1) is 19.2. The topological polar surface area (TPSA) is 97.0 Å². The summed E-state index contributed by atoms with van der Waals surface area (Å²) in [6.45, 7) is 5.99. The standard InChI is InChI=1S/C31H45N3O5S.ClH/c1-3-4-22-38-31(30(35)32-23-25-8-6-5-7-9-25)18-20-34(21-19-31)24-26-10-14-28(15-11-26)39-29-16-12-27(13-17-29)33-40(2,36)37;/h10-17,25,33H,3-9,18-24H2,1-2H3,(H,32,35);1H. The lowest BCUT2D eigenvalue weighted by atomic mass is 9.87. The number of piperidine rings is 1. The van der Waals surface area contributed by atoms with E-state index in [4.69, 9.17) is 9.47 Å². The number of halogens is 1. The normalized spacial score (nSPS) is 17.8. The molecule has 0 unspecified atom stereocenters. The van der Waals surface area contributed by atoms with E-state index in [1.807, 2.05) is 12.1 Å². The molecule has 2 aliphatic rings. The molecule has 0 spiro atoms. The van der Waals surface area contributed by atoms with Gasteiger partial charge in [0, 0.05) is 38.5 Å². The van der Waals surface area contributed by atoms with E-state index in [1.54, 1.807) is 24.3 Å². The Morgan fingerprint density at radius 3 is 2.17 bits per heavy atom. The molecule has 0 bridgehead atoms. The molecular formula is C31H46ClN3O5S. The van der Waals surface area contributed by atoms with Crippen LogP contribution in [0.5, 0.6) is 11.5 Å². The number of unbranched alkanes of at least 4 members (excludes halogenated alkanes) is 1. The highest BCUT2D eigenvalue weighted by molar-refractivity contribution is 7.92. The van der Waals surface area contributed by atoms with Crippen LogP contribution in [0.25, 0.3) is 0 Å². The Hall–Kier alpha value is -2.33. The third-order valence-electron chi connectivity index (χ3n) is 7.95. The van der Waals surface area contributed by atoms with Gasteiger partial charge in [-0.2, -0.15) is 0 Å². The monoisotopic (exact) mass is 607 g/mol. The van der Waals surface area contributed by atoms with Gasteiger partial charge in [-0.3, -0.25) is 14.4 Å². The van der Waals surface area contributed by atoms with Gasteiger partial charge in [-0.25, -0.2) is 8.42 Å². The highest BCUT2D eigenvalue weighted by Crippen LogP contribution is 2.30. The maximum atomic E-state index is 13.4. The molecule has 2 fully saturated rings. The van der Waals surface area contributed by atoms with Crippen LogP contribution in [0, 0.1) is 5.92 Å². The Labute approximate surface area is 252 Å². The van der Waals surface area contributed by atoms with Crippen LogP contribution in [0.15, 0.2) is 48.5 Å². The lowest BCUT2D eigenvalue weighted by molar-refractivity contribution is -0.155. The molecule has 1 saturated heterocycles. The first-order valence-electron chi connectivity index (χ1n) is 14.7. The molecule has 1 aliphatic carbocycles. The molecule has 1 saturated carbocycles. The summed E-state index contributed by atoms with van der Waals surface area (Å²) in [6, 6.07) is 14.8. The third-order valence-corrected chi connectivity index (χ3v) is 8.56. The smallest absolute Gasteiger partial charge is 0.252 e. The highest BCUT2D eigenvalue weighted by atomic mass is 35.5. The Balaban J connectivity index is 0.00000462. The van der Waals surface area contributed by atoms with Crippen molar-refractivity contribution in [2.75, 3.05) is 37.2 Å². The van der Waals surface area contributed by atoms with Crippen molar-refractivity contribution in [3.05, 3.63) is 54.1 Å². The number of benzene rings is 2. The summed E-state index contributed by atoms with van der Waals surface area (Å²) in [4.78, 5) is 15.8. The van der Waals surface area contributed by atoms with E-state index in [0.29, 0.717) is 42.6 Å². The molecule has 1 heterocycles. The summed E-state index contributed by atoms with van der Waals surface area (Å²) in [7, 11) is -3.31. The molecule has 4 rings (SSSR count). The van der Waals surface area contributed by atoms with Crippen molar-refractivity contribution in [2.45, 2.75) is 76.9 Å². The molecule has 8 nitrogen and oxygen atoms in total. The summed E-state index contributed by atoms with van der Waals surface area (Å²) in [5.41, 5.74) is 0.958. The van der Waals surface area contributed by atoms with Gasteiger partial charge in [-0.15, -0.1) is 12.4 Å². The molecule has 228 valence electrons. The van der Waals surface area contributed by atoms with Crippen LogP contribution in [-0.4, -0.2) is 57.3 Å². The third kappa shape index (κ3) is 10.5. The Morgan fingerprint density at radius 2 is 1.59 bits per heavy atom. The lowest BCUT2D eigenvalue weighted by Crippen LogP contribution is -2.56. The van der Waals surface area contributed by atoms with Gasteiger partial charge in [0.25, 0.3) is 5.91 Å². The Kier molecular flexibility index (Phi) is 12.8. The predicted molar refractivity (Wildman–Crippen MR) is 166 cm³/mol. The van der Waals surface area contributed by atoms with Crippen molar-refractivity contribution < 1.29 is 22.7 Å². The fourth-order valence-corrected chi connectivity index (χ4v) is 6.14. The average molecular weight is 608 g/mol. The van der Waals surface area contributed by atoms with E-state index in [-0.39, 0.29) is 18.3 Å². The average Bonchev–Trinajstić information content (AvgIpc) is 2.95. The highest BCUT2D eigenvalue weighted by Gasteiger charge is 2.42. The zero-order valence-corrected chi connectivity index (χ0v) is 26.0. The zero-order valence-electron chi connectivity index (χ0n) is 24.4. The number of anilines is 1. The van der Waals surface area contributed by atoms with E-state index in [9.17, 15) is 13.2 Å².